The van der Waals surface area contributed by atoms with Gasteiger partial charge in [-0.1, -0.05) is 6.07 Å². The standard InChI is InChI=1S/C12H9FN2O3/c1-8-4-5-9(7-10(8)13)18-12-11(15(16)17)3-2-6-14-12/h2-7H,1H3. The number of benzene rings is 1. The number of pyridine rings is 1. The van der Waals surface area contributed by atoms with Gasteiger partial charge in [0.1, 0.15) is 11.6 Å². The molecule has 0 spiro atoms. The van der Waals surface area contributed by atoms with E-state index in [0.717, 1.165) is 6.07 Å². The number of ether oxygens (including phenoxy) is 1. The highest BCUT2D eigenvalue weighted by Crippen LogP contribution is 2.29. The van der Waals surface area contributed by atoms with Crippen LogP contribution in [-0.4, -0.2) is 9.91 Å². The molecular weight excluding hydrogens is 239 g/mol. The molecule has 5 nitrogen and oxygen atoms in total. The fourth-order valence-corrected chi connectivity index (χ4v) is 1.35. The smallest absolute Gasteiger partial charge is 0.331 e. The number of halogens is 1. The fraction of sp³-hybridized carbons (Fsp3) is 0.0833. The van der Waals surface area contributed by atoms with E-state index in [1.807, 2.05) is 0 Å². The SMILES string of the molecule is Cc1ccc(Oc2ncccc2[N+](=O)[O-])cc1F. The van der Waals surface area contributed by atoms with Crippen LogP contribution >= 0.6 is 0 Å². The van der Waals surface area contributed by atoms with Crippen molar-refractivity contribution in [3.05, 3.63) is 58.0 Å². The molecule has 0 unspecified atom stereocenters. The van der Waals surface area contributed by atoms with E-state index in [9.17, 15) is 14.5 Å². The van der Waals surface area contributed by atoms with Crippen molar-refractivity contribution < 1.29 is 14.1 Å². The Bertz CT molecular complexity index is 602. The average Bonchev–Trinajstić information content (AvgIpc) is 2.34. The molecule has 1 aromatic heterocycles. The second kappa shape index (κ2) is 4.79. The summed E-state index contributed by atoms with van der Waals surface area (Å²) < 4.78 is 18.5. The predicted molar refractivity (Wildman–Crippen MR) is 62.1 cm³/mol. The lowest BCUT2D eigenvalue weighted by molar-refractivity contribution is -0.386. The van der Waals surface area contributed by atoms with Crippen molar-refractivity contribution in [1.82, 2.24) is 4.98 Å². The Morgan fingerprint density at radius 3 is 2.83 bits per heavy atom. The highest BCUT2D eigenvalue weighted by molar-refractivity contribution is 5.43. The summed E-state index contributed by atoms with van der Waals surface area (Å²) in [5.41, 5.74) is 0.205. The van der Waals surface area contributed by atoms with E-state index in [0.29, 0.717) is 5.56 Å². The molecule has 0 aliphatic heterocycles. The first-order valence-corrected chi connectivity index (χ1v) is 5.11. The summed E-state index contributed by atoms with van der Waals surface area (Å²) in [5, 5.41) is 10.7. The summed E-state index contributed by atoms with van der Waals surface area (Å²) in [6, 6.07) is 6.91. The summed E-state index contributed by atoms with van der Waals surface area (Å²) in [4.78, 5) is 13.9. The van der Waals surface area contributed by atoms with Crippen LogP contribution in [0.2, 0.25) is 0 Å². The summed E-state index contributed by atoms with van der Waals surface area (Å²) in [6.45, 7) is 1.61. The first-order chi connectivity index (χ1) is 8.58. The minimum atomic E-state index is -0.604. The van der Waals surface area contributed by atoms with Gasteiger partial charge in [0, 0.05) is 18.3 Å². The number of rotatable bonds is 3. The van der Waals surface area contributed by atoms with Gasteiger partial charge in [-0.25, -0.2) is 9.37 Å². The minimum Gasteiger partial charge on any atom is -0.434 e. The number of hydrogen-bond donors (Lipinski definition) is 0. The van der Waals surface area contributed by atoms with Gasteiger partial charge in [-0.3, -0.25) is 10.1 Å². The maximum Gasteiger partial charge on any atom is 0.331 e. The van der Waals surface area contributed by atoms with Gasteiger partial charge in [0.2, 0.25) is 0 Å². The van der Waals surface area contributed by atoms with Gasteiger partial charge in [0.05, 0.1) is 4.92 Å². The van der Waals surface area contributed by atoms with Crippen LogP contribution < -0.4 is 4.74 Å². The quantitative estimate of drug-likeness (QED) is 0.617. The maximum atomic E-state index is 13.3. The van der Waals surface area contributed by atoms with Gasteiger partial charge < -0.3 is 4.74 Å². The normalized spacial score (nSPS) is 10.1. The molecule has 0 amide bonds. The number of aromatic nitrogens is 1. The zero-order valence-corrected chi connectivity index (χ0v) is 9.46. The molecule has 18 heavy (non-hydrogen) atoms. The third-order valence-electron chi connectivity index (χ3n) is 2.31. The lowest BCUT2D eigenvalue weighted by atomic mass is 10.2. The molecule has 2 aromatic rings. The van der Waals surface area contributed by atoms with E-state index < -0.39 is 10.7 Å². The number of nitrogens with zero attached hydrogens (tertiary/aromatic N) is 2. The fourth-order valence-electron chi connectivity index (χ4n) is 1.35. The van der Waals surface area contributed by atoms with Gasteiger partial charge >= 0.3 is 5.69 Å². The zero-order chi connectivity index (χ0) is 13.1. The molecule has 0 N–H and O–H groups in total. The highest BCUT2D eigenvalue weighted by atomic mass is 19.1. The number of aryl methyl sites for hydroxylation is 1. The Morgan fingerprint density at radius 2 is 2.17 bits per heavy atom. The van der Waals surface area contributed by atoms with Crippen LogP contribution in [0.25, 0.3) is 0 Å². The van der Waals surface area contributed by atoms with Crippen LogP contribution in [0.1, 0.15) is 5.56 Å². The summed E-state index contributed by atoms with van der Waals surface area (Å²) >= 11 is 0. The van der Waals surface area contributed by atoms with Crippen LogP contribution in [0.5, 0.6) is 11.6 Å². The molecule has 0 fully saturated rings. The Balaban J connectivity index is 2.34. The summed E-state index contributed by atoms with van der Waals surface area (Å²) in [5.74, 6) is -0.434. The molecule has 6 heteroatoms. The first kappa shape index (κ1) is 12.0. The summed E-state index contributed by atoms with van der Waals surface area (Å²) in [6.07, 6.45) is 1.37. The van der Waals surface area contributed by atoms with Crippen LogP contribution in [0.3, 0.4) is 0 Å². The molecule has 0 atom stereocenters. The number of nitro groups is 1. The minimum absolute atomic E-state index is 0.161. The third kappa shape index (κ3) is 2.42. The third-order valence-corrected chi connectivity index (χ3v) is 2.31. The molecule has 0 saturated heterocycles. The van der Waals surface area contributed by atoms with Crippen LogP contribution in [-0.2, 0) is 0 Å². The van der Waals surface area contributed by atoms with Gasteiger partial charge in [-0.2, -0.15) is 0 Å². The van der Waals surface area contributed by atoms with Crippen LogP contribution in [0, 0.1) is 22.9 Å². The Kier molecular flexibility index (Phi) is 3.18. The Hall–Kier alpha value is -2.50. The molecule has 1 heterocycles. The zero-order valence-electron chi connectivity index (χ0n) is 9.46. The molecule has 2 rings (SSSR count). The lowest BCUT2D eigenvalue weighted by Gasteiger charge is -2.05. The van der Waals surface area contributed by atoms with E-state index in [4.69, 9.17) is 4.74 Å². The molecule has 0 aliphatic carbocycles. The molecule has 1 aromatic carbocycles. The molecule has 92 valence electrons. The Labute approximate surface area is 102 Å². The van der Waals surface area contributed by atoms with Crippen molar-refractivity contribution in [3.63, 3.8) is 0 Å². The molecule has 0 saturated carbocycles. The van der Waals surface area contributed by atoms with E-state index >= 15 is 0 Å². The molecule has 0 radical (unpaired) electrons. The average molecular weight is 248 g/mol. The van der Waals surface area contributed by atoms with E-state index in [-0.39, 0.29) is 17.3 Å². The molecular formula is C12H9FN2O3. The van der Waals surface area contributed by atoms with Crippen molar-refractivity contribution >= 4 is 5.69 Å². The monoisotopic (exact) mass is 248 g/mol. The van der Waals surface area contributed by atoms with E-state index in [2.05, 4.69) is 4.98 Å². The Morgan fingerprint density at radius 1 is 1.39 bits per heavy atom. The molecule has 0 aliphatic rings. The predicted octanol–water partition coefficient (Wildman–Crippen LogP) is 3.23. The van der Waals surface area contributed by atoms with Gasteiger partial charge in [0.25, 0.3) is 5.88 Å². The topological polar surface area (TPSA) is 65.3 Å². The van der Waals surface area contributed by atoms with Crippen molar-refractivity contribution in [2.24, 2.45) is 0 Å². The van der Waals surface area contributed by atoms with Gasteiger partial charge in [-0.05, 0) is 24.6 Å². The number of hydrogen-bond acceptors (Lipinski definition) is 4. The maximum absolute atomic E-state index is 13.3. The van der Waals surface area contributed by atoms with Crippen LogP contribution in [0.4, 0.5) is 10.1 Å². The van der Waals surface area contributed by atoms with E-state index in [1.54, 1.807) is 6.92 Å². The van der Waals surface area contributed by atoms with Crippen molar-refractivity contribution in [1.29, 1.82) is 0 Å². The largest absolute Gasteiger partial charge is 0.434 e. The second-order valence-electron chi connectivity index (χ2n) is 3.60. The van der Waals surface area contributed by atoms with Gasteiger partial charge in [0.15, 0.2) is 0 Å². The lowest BCUT2D eigenvalue weighted by Crippen LogP contribution is -1.96. The molecule has 0 bridgehead atoms. The first-order valence-electron chi connectivity index (χ1n) is 5.11. The van der Waals surface area contributed by atoms with Crippen LogP contribution in [0.15, 0.2) is 36.5 Å². The van der Waals surface area contributed by atoms with Gasteiger partial charge in [-0.15, -0.1) is 0 Å². The van der Waals surface area contributed by atoms with Crippen molar-refractivity contribution in [3.8, 4) is 11.6 Å². The second-order valence-corrected chi connectivity index (χ2v) is 3.60. The summed E-state index contributed by atoms with van der Waals surface area (Å²) in [7, 11) is 0. The highest BCUT2D eigenvalue weighted by Gasteiger charge is 2.16. The van der Waals surface area contributed by atoms with Crippen molar-refractivity contribution in [2.75, 3.05) is 0 Å². The van der Waals surface area contributed by atoms with E-state index in [1.165, 1.54) is 30.5 Å². The van der Waals surface area contributed by atoms with Crippen molar-refractivity contribution in [2.45, 2.75) is 6.92 Å².